The minimum Gasteiger partial charge on any atom is -0.352 e. The van der Waals surface area contributed by atoms with Gasteiger partial charge in [0.05, 0.1) is 10.6 Å². The first-order valence-corrected chi connectivity index (χ1v) is 17.7. The molecule has 0 saturated heterocycles. The quantitative estimate of drug-likeness (QED) is 0.161. The van der Waals surface area contributed by atoms with Gasteiger partial charge in [0.2, 0.25) is 11.8 Å². The Bertz CT molecular complexity index is 1740. The van der Waals surface area contributed by atoms with Crippen LogP contribution in [0.15, 0.2) is 106 Å². The van der Waals surface area contributed by atoms with Gasteiger partial charge in [0, 0.05) is 23.5 Å². The van der Waals surface area contributed by atoms with Gasteiger partial charge in [-0.25, -0.2) is 8.42 Å². The molecule has 0 fully saturated rings. The van der Waals surface area contributed by atoms with Gasteiger partial charge in [-0.3, -0.25) is 13.9 Å². The highest BCUT2D eigenvalue weighted by molar-refractivity contribution is 9.10. The van der Waals surface area contributed by atoms with Crippen LogP contribution in [0.2, 0.25) is 0 Å². The van der Waals surface area contributed by atoms with Crippen LogP contribution in [0.25, 0.3) is 0 Å². The molecule has 0 aromatic heterocycles. The van der Waals surface area contributed by atoms with E-state index in [1.54, 1.807) is 36.4 Å². The molecule has 0 unspecified atom stereocenters. The zero-order valence-corrected chi connectivity index (χ0v) is 29.4. The molecule has 242 valence electrons. The van der Waals surface area contributed by atoms with Crippen molar-refractivity contribution in [1.29, 1.82) is 0 Å². The first-order valence-electron chi connectivity index (χ1n) is 15.4. The number of aryl methyl sites for hydroxylation is 3. The highest BCUT2D eigenvalue weighted by atomic mass is 79.9. The molecule has 4 rings (SSSR count). The Morgan fingerprint density at radius 2 is 1.48 bits per heavy atom. The second-order valence-corrected chi connectivity index (χ2v) is 14.5. The molecule has 2 amide bonds. The van der Waals surface area contributed by atoms with Gasteiger partial charge in [-0.05, 0) is 92.8 Å². The van der Waals surface area contributed by atoms with Gasteiger partial charge >= 0.3 is 0 Å². The van der Waals surface area contributed by atoms with Crippen LogP contribution in [0.5, 0.6) is 0 Å². The number of hydrogen-bond donors (Lipinski definition) is 1. The Morgan fingerprint density at radius 3 is 2.09 bits per heavy atom. The van der Waals surface area contributed by atoms with Crippen LogP contribution in [0, 0.1) is 20.8 Å². The van der Waals surface area contributed by atoms with Gasteiger partial charge in [-0.2, -0.15) is 0 Å². The van der Waals surface area contributed by atoms with Crippen molar-refractivity contribution in [2.45, 2.75) is 71.0 Å². The maximum atomic E-state index is 14.6. The standard InChI is InChI=1S/C37H42BrN3O4S/c1-6-29(5)39-37(43)35(23-30-10-8-7-9-11-30)40(24-31-15-17-32(38)18-16-31)36(42)25-41(33-19-14-27(3)28(4)22-33)46(44,45)34-20-12-26(2)13-21-34/h7-22,29,35H,6,23-25H2,1-5H3,(H,39,43)/t29-,35+/m0/s1. The molecule has 4 aromatic carbocycles. The van der Waals surface area contributed by atoms with E-state index in [0.717, 1.165) is 43.0 Å². The number of halogens is 1. The number of carbonyl (C=O) groups is 2. The number of nitrogens with one attached hydrogen (secondary N) is 1. The first-order chi connectivity index (χ1) is 21.9. The number of hydrogen-bond acceptors (Lipinski definition) is 4. The highest BCUT2D eigenvalue weighted by Crippen LogP contribution is 2.27. The summed E-state index contributed by atoms with van der Waals surface area (Å²) < 4.78 is 30.5. The number of carbonyl (C=O) groups excluding carboxylic acids is 2. The summed E-state index contributed by atoms with van der Waals surface area (Å²) in [5.74, 6) is -0.778. The van der Waals surface area contributed by atoms with E-state index >= 15 is 0 Å². The van der Waals surface area contributed by atoms with Crippen LogP contribution in [0.3, 0.4) is 0 Å². The third kappa shape index (κ3) is 8.85. The first kappa shape index (κ1) is 34.9. The van der Waals surface area contributed by atoms with E-state index in [4.69, 9.17) is 0 Å². The van der Waals surface area contributed by atoms with Gasteiger partial charge < -0.3 is 10.2 Å². The Labute approximate surface area is 281 Å². The second-order valence-electron chi connectivity index (χ2n) is 11.8. The molecular weight excluding hydrogens is 662 g/mol. The third-order valence-electron chi connectivity index (χ3n) is 8.20. The minimum atomic E-state index is -4.16. The second kappa shape index (κ2) is 15.6. The summed E-state index contributed by atoms with van der Waals surface area (Å²) >= 11 is 3.47. The summed E-state index contributed by atoms with van der Waals surface area (Å²) in [5, 5.41) is 3.07. The number of rotatable bonds is 13. The molecule has 0 aliphatic heterocycles. The largest absolute Gasteiger partial charge is 0.352 e. The third-order valence-corrected chi connectivity index (χ3v) is 10.5. The molecule has 0 spiro atoms. The number of amides is 2. The molecule has 0 aliphatic rings. The van der Waals surface area contributed by atoms with E-state index in [9.17, 15) is 18.0 Å². The lowest BCUT2D eigenvalue weighted by Gasteiger charge is -2.34. The van der Waals surface area contributed by atoms with Crippen molar-refractivity contribution in [2.75, 3.05) is 10.8 Å². The molecule has 1 N–H and O–H groups in total. The lowest BCUT2D eigenvalue weighted by Crippen LogP contribution is -2.54. The molecule has 7 nitrogen and oxygen atoms in total. The molecule has 9 heteroatoms. The van der Waals surface area contributed by atoms with Gasteiger partial charge in [0.25, 0.3) is 10.0 Å². The van der Waals surface area contributed by atoms with Crippen LogP contribution in [0.1, 0.15) is 48.1 Å². The summed E-state index contributed by atoms with van der Waals surface area (Å²) in [7, 11) is -4.16. The molecule has 0 radical (unpaired) electrons. The van der Waals surface area contributed by atoms with Crippen molar-refractivity contribution >= 4 is 43.5 Å². The number of anilines is 1. The van der Waals surface area contributed by atoms with Gasteiger partial charge in [0.15, 0.2) is 0 Å². The lowest BCUT2D eigenvalue weighted by molar-refractivity contribution is -0.140. The fourth-order valence-corrected chi connectivity index (χ4v) is 6.70. The van der Waals surface area contributed by atoms with Crippen LogP contribution in [0.4, 0.5) is 5.69 Å². The Balaban J connectivity index is 1.82. The van der Waals surface area contributed by atoms with Crippen molar-refractivity contribution in [2.24, 2.45) is 0 Å². The van der Waals surface area contributed by atoms with E-state index < -0.39 is 28.5 Å². The van der Waals surface area contributed by atoms with Gasteiger partial charge in [-0.1, -0.05) is 89.1 Å². The highest BCUT2D eigenvalue weighted by Gasteiger charge is 2.35. The molecule has 0 heterocycles. The molecular formula is C37H42BrN3O4S. The van der Waals surface area contributed by atoms with E-state index in [1.165, 1.54) is 4.90 Å². The summed E-state index contributed by atoms with van der Waals surface area (Å²) in [6, 6.07) is 28.0. The predicted molar refractivity (Wildman–Crippen MR) is 188 cm³/mol. The maximum absolute atomic E-state index is 14.6. The Morgan fingerprint density at radius 1 is 0.826 bits per heavy atom. The Hall–Kier alpha value is -3.95. The van der Waals surface area contributed by atoms with Crippen LogP contribution >= 0.6 is 15.9 Å². The molecule has 0 saturated carbocycles. The van der Waals surface area contributed by atoms with E-state index in [-0.39, 0.29) is 29.8 Å². The number of sulfonamides is 1. The molecule has 0 aliphatic carbocycles. The number of nitrogens with zero attached hydrogens (tertiary/aromatic N) is 2. The fraction of sp³-hybridized carbons (Fsp3) is 0.297. The summed E-state index contributed by atoms with van der Waals surface area (Å²) in [6.45, 7) is 9.28. The van der Waals surface area contributed by atoms with E-state index in [2.05, 4.69) is 21.2 Å². The topological polar surface area (TPSA) is 86.8 Å². The van der Waals surface area contributed by atoms with Gasteiger partial charge in [0.1, 0.15) is 12.6 Å². The maximum Gasteiger partial charge on any atom is 0.264 e. The lowest BCUT2D eigenvalue weighted by atomic mass is 10.0. The van der Waals surface area contributed by atoms with Crippen molar-refractivity contribution in [3.63, 3.8) is 0 Å². The SMILES string of the molecule is CC[C@H](C)NC(=O)[C@@H](Cc1ccccc1)N(Cc1ccc(Br)cc1)C(=O)CN(c1ccc(C)c(C)c1)S(=O)(=O)c1ccc(C)cc1. The Kier molecular flexibility index (Phi) is 11.8. The normalized spacial score (nSPS) is 12.7. The van der Waals surface area contributed by atoms with Gasteiger partial charge in [-0.15, -0.1) is 0 Å². The van der Waals surface area contributed by atoms with Crippen molar-refractivity contribution < 1.29 is 18.0 Å². The average Bonchev–Trinajstić information content (AvgIpc) is 3.04. The van der Waals surface area contributed by atoms with Crippen LogP contribution < -0.4 is 9.62 Å². The predicted octanol–water partition coefficient (Wildman–Crippen LogP) is 7.12. The van der Waals surface area contributed by atoms with E-state index in [1.807, 2.05) is 95.3 Å². The minimum absolute atomic E-state index is 0.0823. The molecule has 0 bridgehead atoms. The van der Waals surface area contributed by atoms with Crippen molar-refractivity contribution in [1.82, 2.24) is 10.2 Å². The molecule has 4 aromatic rings. The fourth-order valence-electron chi connectivity index (χ4n) is 5.03. The molecule has 46 heavy (non-hydrogen) atoms. The molecule has 2 atom stereocenters. The summed E-state index contributed by atoms with van der Waals surface area (Å²) in [4.78, 5) is 30.2. The van der Waals surface area contributed by atoms with Crippen LogP contribution in [-0.2, 0) is 32.6 Å². The summed E-state index contributed by atoms with van der Waals surface area (Å²) in [5.41, 5.74) is 4.90. The zero-order valence-electron chi connectivity index (χ0n) is 27.0. The van der Waals surface area contributed by atoms with Crippen molar-refractivity contribution in [3.05, 3.63) is 129 Å². The summed E-state index contributed by atoms with van der Waals surface area (Å²) in [6.07, 6.45) is 0.986. The van der Waals surface area contributed by atoms with Crippen LogP contribution in [-0.4, -0.2) is 43.8 Å². The average molecular weight is 705 g/mol. The smallest absolute Gasteiger partial charge is 0.264 e. The monoisotopic (exact) mass is 703 g/mol. The van der Waals surface area contributed by atoms with E-state index in [0.29, 0.717) is 5.69 Å². The number of benzene rings is 4. The van der Waals surface area contributed by atoms with Crippen molar-refractivity contribution in [3.8, 4) is 0 Å². The zero-order chi connectivity index (χ0) is 33.4.